The van der Waals surface area contributed by atoms with Gasteiger partial charge in [0.2, 0.25) is 0 Å². The van der Waals surface area contributed by atoms with Gasteiger partial charge in [0, 0.05) is 25.8 Å². The van der Waals surface area contributed by atoms with Gasteiger partial charge in [-0.2, -0.15) is 0 Å². The first kappa shape index (κ1) is 12.8. The molecule has 1 nitrogen and oxygen atoms in total. The lowest BCUT2D eigenvalue weighted by molar-refractivity contribution is 0.586. The van der Waals surface area contributed by atoms with Crippen LogP contribution < -0.4 is 5.32 Å². The topological polar surface area (TPSA) is 12.0 Å². The Labute approximate surface area is 115 Å². The number of hydrogen-bond donors (Lipinski definition) is 1. The summed E-state index contributed by atoms with van der Waals surface area (Å²) >= 11 is 5.47. The molecule has 1 unspecified atom stereocenters. The number of rotatable bonds is 4. The number of nitrogens with one attached hydrogen (secondary N) is 1. The maximum Gasteiger partial charge on any atom is 0.0409 e. The molecule has 1 aromatic heterocycles. The Morgan fingerprint density at radius 3 is 2.65 bits per heavy atom. The smallest absolute Gasteiger partial charge is 0.0409 e. The molecule has 0 saturated heterocycles. The molecule has 0 bridgehead atoms. The summed E-state index contributed by atoms with van der Waals surface area (Å²) in [7, 11) is 2.02. The van der Waals surface area contributed by atoms with Gasteiger partial charge in [-0.1, -0.05) is 41.1 Å². The molecule has 0 aliphatic heterocycles. The van der Waals surface area contributed by atoms with E-state index in [2.05, 4.69) is 58.5 Å². The van der Waals surface area contributed by atoms with Gasteiger partial charge in [0.1, 0.15) is 0 Å². The lowest BCUT2D eigenvalue weighted by Crippen LogP contribution is -2.13. The fourth-order valence-corrected chi connectivity index (χ4v) is 3.76. The fraction of sp³-hybridized carbons (Fsp3) is 0.286. The molecule has 0 aliphatic rings. The molecule has 1 aromatic carbocycles. The molecule has 2 aromatic rings. The Balaban J connectivity index is 2.33. The van der Waals surface area contributed by atoms with Crippen molar-refractivity contribution >= 4 is 27.3 Å². The molecule has 17 heavy (non-hydrogen) atoms. The second-order valence-electron chi connectivity index (χ2n) is 3.93. The van der Waals surface area contributed by atoms with Gasteiger partial charge in [-0.05, 0) is 31.7 Å². The molecule has 0 amide bonds. The van der Waals surface area contributed by atoms with E-state index < -0.39 is 0 Å². The summed E-state index contributed by atoms with van der Waals surface area (Å²) in [6, 6.07) is 13.3. The summed E-state index contributed by atoms with van der Waals surface area (Å²) in [6.45, 7) is 2.21. The Morgan fingerprint density at radius 2 is 2.00 bits per heavy atom. The van der Waals surface area contributed by atoms with Crippen LogP contribution in [0.2, 0.25) is 0 Å². The van der Waals surface area contributed by atoms with Crippen LogP contribution in [0.15, 0.2) is 40.9 Å². The normalized spacial score (nSPS) is 12.6. The number of benzene rings is 1. The molecule has 3 heteroatoms. The average Bonchev–Trinajstić information content (AvgIpc) is 2.81. The highest BCUT2D eigenvalue weighted by atomic mass is 79.9. The van der Waals surface area contributed by atoms with Crippen molar-refractivity contribution in [2.24, 2.45) is 0 Å². The minimum absolute atomic E-state index is 0.469. The third-order valence-electron chi connectivity index (χ3n) is 2.87. The van der Waals surface area contributed by atoms with E-state index in [0.29, 0.717) is 6.04 Å². The Bertz CT molecular complexity index is 488. The predicted molar refractivity (Wildman–Crippen MR) is 79.5 cm³/mol. The SMILES string of the molecule is CCC(NC)c1ccc(-c2ccccc2Br)s1. The first-order valence-electron chi connectivity index (χ1n) is 5.78. The summed E-state index contributed by atoms with van der Waals surface area (Å²) in [5.74, 6) is 0. The number of halogens is 1. The van der Waals surface area contributed by atoms with Crippen molar-refractivity contribution in [3.8, 4) is 10.4 Å². The van der Waals surface area contributed by atoms with Gasteiger partial charge in [-0.15, -0.1) is 11.3 Å². The van der Waals surface area contributed by atoms with E-state index in [1.54, 1.807) is 0 Å². The van der Waals surface area contributed by atoms with Crippen LogP contribution in [-0.2, 0) is 0 Å². The zero-order valence-corrected chi connectivity index (χ0v) is 12.4. The van der Waals surface area contributed by atoms with Gasteiger partial charge in [0.15, 0.2) is 0 Å². The lowest BCUT2D eigenvalue weighted by Gasteiger charge is -2.10. The van der Waals surface area contributed by atoms with Gasteiger partial charge >= 0.3 is 0 Å². The van der Waals surface area contributed by atoms with Gasteiger partial charge < -0.3 is 5.32 Å². The van der Waals surface area contributed by atoms with E-state index in [-0.39, 0.29) is 0 Å². The maximum absolute atomic E-state index is 3.60. The number of hydrogen-bond acceptors (Lipinski definition) is 2. The van der Waals surface area contributed by atoms with Crippen molar-refractivity contribution in [1.82, 2.24) is 5.32 Å². The third kappa shape index (κ3) is 2.79. The largest absolute Gasteiger partial charge is 0.312 e. The van der Waals surface area contributed by atoms with Gasteiger partial charge in [-0.3, -0.25) is 0 Å². The zero-order chi connectivity index (χ0) is 12.3. The second-order valence-corrected chi connectivity index (χ2v) is 5.90. The third-order valence-corrected chi connectivity index (χ3v) is 4.79. The van der Waals surface area contributed by atoms with E-state index >= 15 is 0 Å². The van der Waals surface area contributed by atoms with Crippen LogP contribution in [0.4, 0.5) is 0 Å². The minimum atomic E-state index is 0.469. The quantitative estimate of drug-likeness (QED) is 0.851. The highest BCUT2D eigenvalue weighted by Gasteiger charge is 2.11. The standard InChI is InChI=1S/C14H16BrNS/c1-3-12(16-2)14-9-8-13(17-14)10-6-4-5-7-11(10)15/h4-9,12,16H,3H2,1-2H3. The molecule has 90 valence electrons. The fourth-order valence-electron chi connectivity index (χ4n) is 1.89. The van der Waals surface area contributed by atoms with Crippen LogP contribution in [0, 0.1) is 0 Å². The molecule has 1 atom stereocenters. The van der Waals surface area contributed by atoms with E-state index in [1.807, 2.05) is 24.5 Å². The van der Waals surface area contributed by atoms with Crippen LogP contribution >= 0.6 is 27.3 Å². The highest BCUT2D eigenvalue weighted by Crippen LogP contribution is 2.35. The van der Waals surface area contributed by atoms with E-state index in [0.717, 1.165) is 10.9 Å². The van der Waals surface area contributed by atoms with Crippen molar-refractivity contribution in [2.45, 2.75) is 19.4 Å². The molecule has 0 fully saturated rings. The average molecular weight is 310 g/mol. The lowest BCUT2D eigenvalue weighted by atomic mass is 10.1. The van der Waals surface area contributed by atoms with Crippen LogP contribution in [0.1, 0.15) is 24.3 Å². The van der Waals surface area contributed by atoms with Crippen molar-refractivity contribution in [2.75, 3.05) is 7.05 Å². The first-order valence-corrected chi connectivity index (χ1v) is 7.39. The second kappa shape index (κ2) is 5.80. The van der Waals surface area contributed by atoms with Crippen molar-refractivity contribution in [3.63, 3.8) is 0 Å². The summed E-state index contributed by atoms with van der Waals surface area (Å²) in [5, 5.41) is 3.35. The van der Waals surface area contributed by atoms with Crippen LogP contribution in [0.25, 0.3) is 10.4 Å². The van der Waals surface area contributed by atoms with Crippen molar-refractivity contribution in [3.05, 3.63) is 45.7 Å². The van der Waals surface area contributed by atoms with Gasteiger partial charge in [0.05, 0.1) is 0 Å². The van der Waals surface area contributed by atoms with Gasteiger partial charge in [0.25, 0.3) is 0 Å². The van der Waals surface area contributed by atoms with Crippen molar-refractivity contribution < 1.29 is 0 Å². The molecule has 0 aliphatic carbocycles. The summed E-state index contributed by atoms with van der Waals surface area (Å²) in [4.78, 5) is 2.72. The highest BCUT2D eigenvalue weighted by molar-refractivity contribution is 9.10. The molecule has 2 rings (SSSR count). The van der Waals surface area contributed by atoms with E-state index in [9.17, 15) is 0 Å². The molecular weight excluding hydrogens is 294 g/mol. The van der Waals surface area contributed by atoms with E-state index in [4.69, 9.17) is 0 Å². The van der Waals surface area contributed by atoms with Crippen molar-refractivity contribution in [1.29, 1.82) is 0 Å². The maximum atomic E-state index is 3.60. The molecule has 1 N–H and O–H groups in total. The van der Waals surface area contributed by atoms with E-state index in [1.165, 1.54) is 15.3 Å². The van der Waals surface area contributed by atoms with Crippen LogP contribution in [0.3, 0.4) is 0 Å². The molecule has 1 heterocycles. The summed E-state index contributed by atoms with van der Waals surface area (Å²) in [6.07, 6.45) is 1.12. The molecule has 0 saturated carbocycles. The molecule has 0 radical (unpaired) electrons. The zero-order valence-electron chi connectivity index (χ0n) is 10.0. The predicted octanol–water partition coefficient (Wildman–Crippen LogP) is 4.85. The summed E-state index contributed by atoms with van der Waals surface area (Å²) in [5.41, 5.74) is 1.27. The Hall–Kier alpha value is -0.640. The van der Waals surface area contributed by atoms with Crippen LogP contribution in [0.5, 0.6) is 0 Å². The monoisotopic (exact) mass is 309 g/mol. The molecular formula is C14H16BrNS. The summed E-state index contributed by atoms with van der Waals surface area (Å²) < 4.78 is 1.16. The van der Waals surface area contributed by atoms with Crippen LogP contribution in [-0.4, -0.2) is 7.05 Å². The minimum Gasteiger partial charge on any atom is -0.312 e. The number of thiophene rings is 1. The van der Waals surface area contributed by atoms with Gasteiger partial charge in [-0.25, -0.2) is 0 Å². The first-order chi connectivity index (χ1) is 8.26. The Morgan fingerprint density at radius 1 is 1.24 bits per heavy atom. The molecule has 0 spiro atoms. The Kier molecular flexibility index (Phi) is 4.37.